The van der Waals surface area contributed by atoms with Gasteiger partial charge in [-0.3, -0.25) is 81.5 Å². The number of para-hydroxylation sites is 1. The number of nitrogens with zero attached hydrogens (tertiary/aromatic N) is 2. The number of amides is 16. The van der Waals surface area contributed by atoms with Crippen molar-refractivity contribution in [3.05, 3.63) is 54.2 Å². The lowest BCUT2D eigenvalue weighted by Gasteiger charge is -2.27. The van der Waals surface area contributed by atoms with Crippen LogP contribution in [0.4, 0.5) is 0 Å². The normalized spacial score (nSPS) is 13.8. The van der Waals surface area contributed by atoms with Crippen molar-refractivity contribution in [3.8, 4) is 0 Å². The second-order valence-electron chi connectivity index (χ2n) is 26.8. The van der Waals surface area contributed by atoms with Crippen molar-refractivity contribution in [2.75, 3.05) is 96.9 Å². The fraction of sp³-hybridized carbons (Fsp3) is 0.594. The average molecular weight is 1620 g/mol. The maximum Gasteiger partial charge on any atom is 0.303 e. The van der Waals surface area contributed by atoms with E-state index < -0.39 is 213 Å². The van der Waals surface area contributed by atoms with Crippen molar-refractivity contribution in [2.45, 2.75) is 153 Å². The fourth-order valence-corrected chi connectivity index (χ4v) is 11.8. The van der Waals surface area contributed by atoms with E-state index in [9.17, 15) is 91.7 Å². The Labute approximate surface area is 655 Å². The Bertz CT molecular complexity index is 3660. The number of likely N-dealkylation sites (N-methyl/N-ethyl adjacent to an activating group) is 1. The SMILES string of the molecule is CSCC[C@H](NC(=O)[C@H](CC(C)C)NC(=O)[C@H](Cc1cnc[nH]1)NC(=O)CNC(=O)[C@@H](NC(=O)[C@H](C)NC(=O)[C@H](Cc1c[nH]c2ccccc12)NC(=O)[C@H](CCC(N)=O)NC(=O)[C@H](CCC(=O)O)NC(=O)COCCOCCNC(=O)CNC(=O)[C@H](CSCNC(C)=O)NC(=O)[C@H](CO)NC(=O)CN(C)C)C(C)C)C(N)=O. The van der Waals surface area contributed by atoms with E-state index in [0.717, 1.165) is 11.8 Å². The number of nitrogens with two attached hydrogens (primary N) is 2. The lowest BCUT2D eigenvalue weighted by atomic mass is 10.0. The molecule has 622 valence electrons. The maximum atomic E-state index is 14.5. The number of imidazole rings is 1. The molecule has 112 heavy (non-hydrogen) atoms. The largest absolute Gasteiger partial charge is 0.481 e. The third-order valence-electron chi connectivity index (χ3n) is 16.2. The van der Waals surface area contributed by atoms with Gasteiger partial charge in [0.05, 0.1) is 58.3 Å². The molecule has 41 nitrogen and oxygen atoms in total. The lowest BCUT2D eigenvalue weighted by Crippen LogP contribution is -2.60. The van der Waals surface area contributed by atoms with E-state index in [1.807, 2.05) is 20.1 Å². The summed E-state index contributed by atoms with van der Waals surface area (Å²) in [6.07, 6.45) is 3.97. The van der Waals surface area contributed by atoms with Crippen LogP contribution in [0.15, 0.2) is 43.0 Å². The average Bonchev–Trinajstić information content (AvgIpc) is 1.69. The van der Waals surface area contributed by atoms with E-state index in [0.29, 0.717) is 27.9 Å². The molecule has 0 saturated carbocycles. The summed E-state index contributed by atoms with van der Waals surface area (Å²) in [5, 5.41) is 55.0. The first-order valence-corrected chi connectivity index (χ1v) is 38.4. The number of carbonyl (C=O) groups is 17. The van der Waals surface area contributed by atoms with Crippen LogP contribution in [0.3, 0.4) is 0 Å². The molecule has 16 amide bonds. The standard InChI is InChI=1S/C69H108N20O21S2/c1-37(2)24-48(66(105)83-45(60(71)99)18-23-111-9)85-67(106)50(26-42-28-72-35-77-42)81-55(94)30-76-69(108)59(38(3)4)88-61(100)39(5)79-65(104)49(25-41-27-74-44-13-11-10-12-43(41)44)86-64(103)47(14-16-53(70)92)84-63(102)46(15-17-58(97)98)80-57(96)33-110-22-21-109-20-19-73-54(93)29-75-62(101)52(34-112-36-78-40(6)91)87-68(107)51(32-90)82-56(95)31-89(7)8/h10-13,27-28,35,37-39,45-52,59,74,90H,14-26,29-34,36H2,1-9H3,(H2,70,92)(H2,71,99)(H,72,77)(H,73,93)(H,75,101)(H,76,108)(H,78,91)(H,79,104)(H,80,96)(H,81,94)(H,82,95)(H,83,105)(H,84,102)(H,85,106)(H,86,103)(H,87,107)(H,88,100)(H,97,98)/t39-,45-,46-,47-,48-,49-,50-,51-,52-,59-/m0/s1. The van der Waals surface area contributed by atoms with E-state index in [1.165, 1.54) is 43.0 Å². The highest BCUT2D eigenvalue weighted by Crippen LogP contribution is 2.20. The van der Waals surface area contributed by atoms with Gasteiger partial charge in [-0.05, 0) is 82.2 Å². The first-order chi connectivity index (χ1) is 53.0. The zero-order valence-electron chi connectivity index (χ0n) is 64.1. The zero-order chi connectivity index (χ0) is 83.6. The van der Waals surface area contributed by atoms with Gasteiger partial charge in [0, 0.05) is 73.9 Å². The van der Waals surface area contributed by atoms with Gasteiger partial charge in [-0.1, -0.05) is 45.9 Å². The highest BCUT2D eigenvalue weighted by molar-refractivity contribution is 7.99. The van der Waals surface area contributed by atoms with Crippen molar-refractivity contribution in [1.29, 1.82) is 0 Å². The predicted octanol–water partition coefficient (Wildman–Crippen LogP) is -6.62. The van der Waals surface area contributed by atoms with Crippen LogP contribution in [0, 0.1) is 11.8 Å². The summed E-state index contributed by atoms with van der Waals surface area (Å²) in [5.74, 6) is -14.7. The Morgan fingerprint density at radius 1 is 0.571 bits per heavy atom. The molecule has 10 atom stereocenters. The van der Waals surface area contributed by atoms with Crippen molar-refractivity contribution in [1.82, 2.24) is 94.3 Å². The Morgan fingerprint density at radius 3 is 1.77 bits per heavy atom. The van der Waals surface area contributed by atoms with Crippen molar-refractivity contribution < 1.29 is 101 Å². The number of carboxylic acid groups (broad SMARTS) is 1. The van der Waals surface area contributed by atoms with Gasteiger partial charge in [0.2, 0.25) is 94.5 Å². The molecule has 0 aliphatic heterocycles. The molecular formula is C69H108N20O21S2. The monoisotopic (exact) mass is 1620 g/mol. The summed E-state index contributed by atoms with van der Waals surface area (Å²) >= 11 is 2.51. The molecule has 3 rings (SSSR count). The van der Waals surface area contributed by atoms with Crippen LogP contribution in [-0.2, 0) is 104 Å². The number of ether oxygens (including phenoxy) is 2. The highest BCUT2D eigenvalue weighted by atomic mass is 32.2. The number of aromatic nitrogens is 3. The van der Waals surface area contributed by atoms with Crippen LogP contribution in [0.5, 0.6) is 0 Å². The predicted molar refractivity (Wildman–Crippen MR) is 409 cm³/mol. The molecular weight excluding hydrogens is 1510 g/mol. The Morgan fingerprint density at radius 2 is 1.14 bits per heavy atom. The van der Waals surface area contributed by atoms with E-state index in [2.05, 4.69) is 89.4 Å². The lowest BCUT2D eigenvalue weighted by molar-refractivity contribution is -0.139. The van der Waals surface area contributed by atoms with Gasteiger partial charge >= 0.3 is 5.97 Å². The molecule has 0 unspecified atom stereocenters. The van der Waals surface area contributed by atoms with Gasteiger partial charge in [0.1, 0.15) is 67.0 Å². The summed E-state index contributed by atoms with van der Waals surface area (Å²) in [6, 6.07) is -6.91. The highest BCUT2D eigenvalue weighted by Gasteiger charge is 2.36. The van der Waals surface area contributed by atoms with Crippen LogP contribution in [0.2, 0.25) is 0 Å². The molecule has 0 aliphatic rings. The Balaban J connectivity index is 1.68. The number of aliphatic carboxylic acids is 1. The number of hydrogen-bond acceptors (Lipinski definition) is 24. The van der Waals surface area contributed by atoms with Gasteiger partial charge in [0.25, 0.3) is 0 Å². The topological polar surface area (TPSA) is 617 Å². The summed E-state index contributed by atoms with van der Waals surface area (Å²) < 4.78 is 10.8. The van der Waals surface area contributed by atoms with Crippen molar-refractivity contribution in [2.24, 2.45) is 23.3 Å². The molecule has 0 radical (unpaired) electrons. The first-order valence-electron chi connectivity index (χ1n) is 35.9. The fourth-order valence-electron chi connectivity index (χ4n) is 10.4. The Hall–Kier alpha value is -10.5. The molecule has 22 N–H and O–H groups in total. The number of hydrogen-bond donors (Lipinski definition) is 20. The number of nitrogens with one attached hydrogen (secondary N) is 16. The summed E-state index contributed by atoms with van der Waals surface area (Å²) in [5.41, 5.74) is 12.6. The van der Waals surface area contributed by atoms with Crippen LogP contribution in [-0.4, -0.2) is 288 Å². The molecule has 0 saturated heterocycles. The number of benzene rings is 1. The molecule has 0 bridgehead atoms. The number of aromatic amines is 2. The van der Waals surface area contributed by atoms with Crippen LogP contribution in [0.25, 0.3) is 10.9 Å². The Kier molecular flexibility index (Phi) is 43.7. The summed E-state index contributed by atoms with van der Waals surface area (Å²) in [7, 11) is 3.24. The van der Waals surface area contributed by atoms with Crippen LogP contribution < -0.4 is 85.9 Å². The third kappa shape index (κ3) is 37.5. The van der Waals surface area contributed by atoms with Crippen LogP contribution in [0.1, 0.15) is 91.3 Å². The third-order valence-corrected chi connectivity index (χ3v) is 17.8. The van der Waals surface area contributed by atoms with Gasteiger partial charge in [-0.25, -0.2) is 4.98 Å². The van der Waals surface area contributed by atoms with Crippen LogP contribution >= 0.6 is 23.5 Å². The smallest absolute Gasteiger partial charge is 0.303 e. The minimum absolute atomic E-state index is 0.0718. The number of primary amides is 2. The molecule has 0 spiro atoms. The number of carboxylic acids is 1. The summed E-state index contributed by atoms with van der Waals surface area (Å²) in [6.45, 7) is 6.01. The molecule has 0 fully saturated rings. The molecule has 3 aromatic rings. The van der Waals surface area contributed by atoms with E-state index in [1.54, 1.807) is 58.4 Å². The van der Waals surface area contributed by atoms with E-state index in [4.69, 9.17) is 20.9 Å². The number of aliphatic hydroxyl groups is 1. The van der Waals surface area contributed by atoms with Gasteiger partial charge in [0.15, 0.2) is 0 Å². The number of fused-ring (bicyclic) bond motifs is 1. The van der Waals surface area contributed by atoms with Gasteiger partial charge < -0.3 is 120 Å². The van der Waals surface area contributed by atoms with Crippen molar-refractivity contribution >= 4 is 135 Å². The molecule has 43 heteroatoms. The minimum Gasteiger partial charge on any atom is -0.481 e. The second-order valence-corrected chi connectivity index (χ2v) is 28.9. The number of aliphatic hydroxyl groups excluding tert-OH is 1. The molecule has 0 aliphatic carbocycles. The summed E-state index contributed by atoms with van der Waals surface area (Å²) in [4.78, 5) is 235. The molecule has 1 aromatic carbocycles. The molecule has 2 aromatic heterocycles. The minimum atomic E-state index is -1.68. The van der Waals surface area contributed by atoms with E-state index >= 15 is 0 Å². The number of H-pyrrole nitrogens is 2. The number of carbonyl (C=O) groups excluding carboxylic acids is 16. The van der Waals surface area contributed by atoms with Gasteiger partial charge in [-0.2, -0.15) is 11.8 Å². The number of rotatable bonds is 55. The second kappa shape index (κ2) is 51.1. The zero-order valence-corrected chi connectivity index (χ0v) is 65.8. The van der Waals surface area contributed by atoms with Gasteiger partial charge in [-0.15, -0.1) is 11.8 Å². The number of thioether (sulfide) groups is 2. The quantitative estimate of drug-likeness (QED) is 0.0185. The van der Waals surface area contributed by atoms with E-state index in [-0.39, 0.29) is 82.0 Å². The van der Waals surface area contributed by atoms with Crippen molar-refractivity contribution in [3.63, 3.8) is 0 Å². The first kappa shape index (κ1) is 95.7. The maximum absolute atomic E-state index is 14.5. The molecule has 2 heterocycles.